The Morgan fingerprint density at radius 1 is 1.18 bits per heavy atom. The molecule has 1 aromatic heterocycles. The number of fused-ring (bicyclic) bond motifs is 1. The fourth-order valence-electron chi connectivity index (χ4n) is 2.52. The number of amides is 1. The standard InChI is InChI=1S/C17H15N3O2/c21-17(14-7-3-5-11-4-1-2-6-13(11)14)18-10-15-19-16(20-22-15)12-8-9-12/h1-7,12H,8-10H2,(H,18,21). The summed E-state index contributed by atoms with van der Waals surface area (Å²) < 4.78 is 5.16. The monoisotopic (exact) mass is 293 g/mol. The first-order valence-corrected chi connectivity index (χ1v) is 7.40. The van der Waals surface area contributed by atoms with Crippen molar-refractivity contribution in [1.82, 2.24) is 15.5 Å². The number of aromatic nitrogens is 2. The smallest absolute Gasteiger partial charge is 0.252 e. The highest BCUT2D eigenvalue weighted by atomic mass is 16.5. The summed E-state index contributed by atoms with van der Waals surface area (Å²) in [4.78, 5) is 16.7. The van der Waals surface area contributed by atoms with Gasteiger partial charge in [-0.25, -0.2) is 0 Å². The molecule has 0 saturated heterocycles. The maximum Gasteiger partial charge on any atom is 0.252 e. The summed E-state index contributed by atoms with van der Waals surface area (Å²) in [6.07, 6.45) is 2.25. The number of hydrogen-bond acceptors (Lipinski definition) is 4. The lowest BCUT2D eigenvalue weighted by atomic mass is 10.0. The van der Waals surface area contributed by atoms with Crippen molar-refractivity contribution in [1.29, 1.82) is 0 Å². The molecule has 1 saturated carbocycles. The van der Waals surface area contributed by atoms with E-state index in [4.69, 9.17) is 4.52 Å². The number of hydrogen-bond donors (Lipinski definition) is 1. The Morgan fingerprint density at radius 3 is 2.86 bits per heavy atom. The Kier molecular flexibility index (Phi) is 3.11. The van der Waals surface area contributed by atoms with Gasteiger partial charge in [0.15, 0.2) is 5.82 Å². The van der Waals surface area contributed by atoms with Crippen molar-refractivity contribution in [2.24, 2.45) is 0 Å². The van der Waals surface area contributed by atoms with E-state index in [1.165, 1.54) is 0 Å². The Bertz CT molecular complexity index is 831. The van der Waals surface area contributed by atoms with Crippen molar-refractivity contribution in [3.63, 3.8) is 0 Å². The topological polar surface area (TPSA) is 68.0 Å². The van der Waals surface area contributed by atoms with Crippen molar-refractivity contribution < 1.29 is 9.32 Å². The van der Waals surface area contributed by atoms with Crippen LogP contribution >= 0.6 is 0 Å². The van der Waals surface area contributed by atoms with Crippen LogP contribution in [0, 0.1) is 0 Å². The molecule has 5 nitrogen and oxygen atoms in total. The molecule has 2 aromatic carbocycles. The number of carbonyl (C=O) groups excluding carboxylic acids is 1. The van der Waals surface area contributed by atoms with Crippen molar-refractivity contribution in [2.45, 2.75) is 25.3 Å². The van der Waals surface area contributed by atoms with E-state index in [-0.39, 0.29) is 12.5 Å². The van der Waals surface area contributed by atoms with Crippen molar-refractivity contribution in [2.75, 3.05) is 0 Å². The molecule has 1 aliphatic carbocycles. The molecule has 0 atom stereocenters. The quantitative estimate of drug-likeness (QED) is 0.803. The molecule has 4 rings (SSSR count). The normalized spacial score (nSPS) is 14.2. The van der Waals surface area contributed by atoms with E-state index in [1.54, 1.807) is 0 Å². The predicted octanol–water partition coefficient (Wildman–Crippen LogP) is 3.03. The highest BCUT2D eigenvalue weighted by Crippen LogP contribution is 2.38. The van der Waals surface area contributed by atoms with Crippen LogP contribution in [0.2, 0.25) is 0 Å². The van der Waals surface area contributed by atoms with Crippen LogP contribution in [0.1, 0.15) is 40.8 Å². The highest BCUT2D eigenvalue weighted by Gasteiger charge is 2.28. The molecule has 0 radical (unpaired) electrons. The first kappa shape index (κ1) is 13.0. The maximum absolute atomic E-state index is 12.4. The minimum atomic E-state index is -0.136. The molecule has 0 aliphatic heterocycles. The van der Waals surface area contributed by atoms with Crippen molar-refractivity contribution >= 4 is 16.7 Å². The van der Waals surface area contributed by atoms with Crippen LogP contribution in [-0.2, 0) is 6.54 Å². The van der Waals surface area contributed by atoms with Gasteiger partial charge >= 0.3 is 0 Å². The first-order chi connectivity index (χ1) is 10.8. The van der Waals surface area contributed by atoms with Crippen LogP contribution in [-0.4, -0.2) is 16.0 Å². The zero-order valence-corrected chi connectivity index (χ0v) is 12.0. The van der Waals surface area contributed by atoms with E-state index in [1.807, 2.05) is 42.5 Å². The third kappa shape index (κ3) is 2.45. The van der Waals surface area contributed by atoms with Gasteiger partial charge in [-0.3, -0.25) is 4.79 Å². The average Bonchev–Trinajstić information content (AvgIpc) is 3.31. The first-order valence-electron chi connectivity index (χ1n) is 7.40. The molecule has 110 valence electrons. The summed E-state index contributed by atoms with van der Waals surface area (Å²) in [5, 5.41) is 8.77. The molecular formula is C17H15N3O2. The van der Waals surface area contributed by atoms with E-state index >= 15 is 0 Å². The Morgan fingerprint density at radius 2 is 2.00 bits per heavy atom. The summed E-state index contributed by atoms with van der Waals surface area (Å²) in [6, 6.07) is 13.5. The second-order valence-corrected chi connectivity index (χ2v) is 5.53. The summed E-state index contributed by atoms with van der Waals surface area (Å²) in [7, 11) is 0. The van der Waals surface area contributed by atoms with Crippen LogP contribution in [0.4, 0.5) is 0 Å². The average molecular weight is 293 g/mol. The van der Waals surface area contributed by atoms with Gasteiger partial charge in [-0.15, -0.1) is 0 Å². The van der Waals surface area contributed by atoms with Crippen LogP contribution < -0.4 is 5.32 Å². The van der Waals surface area contributed by atoms with Gasteiger partial charge in [0.2, 0.25) is 5.89 Å². The lowest BCUT2D eigenvalue weighted by Crippen LogP contribution is -2.23. The number of benzene rings is 2. The molecule has 0 unspecified atom stereocenters. The predicted molar refractivity (Wildman–Crippen MR) is 81.4 cm³/mol. The Hall–Kier alpha value is -2.69. The number of nitrogens with zero attached hydrogens (tertiary/aromatic N) is 2. The number of carbonyl (C=O) groups is 1. The Labute approximate surface area is 127 Å². The molecule has 1 amide bonds. The molecule has 1 heterocycles. The minimum absolute atomic E-state index is 0.136. The second kappa shape index (κ2) is 5.26. The molecule has 1 N–H and O–H groups in total. The molecule has 22 heavy (non-hydrogen) atoms. The van der Waals surface area contributed by atoms with E-state index in [0.717, 1.165) is 29.4 Å². The largest absolute Gasteiger partial charge is 0.343 e. The maximum atomic E-state index is 12.4. The van der Waals surface area contributed by atoms with Crippen LogP contribution in [0.15, 0.2) is 47.0 Å². The molecule has 1 aliphatic rings. The molecule has 1 fully saturated rings. The number of nitrogens with one attached hydrogen (secondary N) is 1. The van der Waals surface area contributed by atoms with Crippen molar-refractivity contribution in [3.8, 4) is 0 Å². The Balaban J connectivity index is 1.50. The lowest BCUT2D eigenvalue weighted by molar-refractivity contribution is 0.0948. The molecule has 0 spiro atoms. The molecule has 0 bridgehead atoms. The van der Waals surface area contributed by atoms with E-state index in [2.05, 4.69) is 15.5 Å². The number of rotatable bonds is 4. The van der Waals surface area contributed by atoms with Crippen LogP contribution in [0.25, 0.3) is 10.8 Å². The van der Waals surface area contributed by atoms with Gasteiger partial charge in [0, 0.05) is 11.5 Å². The third-order valence-corrected chi connectivity index (χ3v) is 3.86. The zero-order chi connectivity index (χ0) is 14.9. The fourth-order valence-corrected chi connectivity index (χ4v) is 2.52. The van der Waals surface area contributed by atoms with Gasteiger partial charge in [0.05, 0.1) is 6.54 Å². The van der Waals surface area contributed by atoms with Crippen molar-refractivity contribution in [3.05, 3.63) is 59.7 Å². The van der Waals surface area contributed by atoms with Gasteiger partial charge in [0.25, 0.3) is 5.91 Å². The van der Waals surface area contributed by atoms with E-state index in [0.29, 0.717) is 17.4 Å². The SMILES string of the molecule is O=C(NCc1nc(C2CC2)no1)c1cccc2ccccc12. The van der Waals surface area contributed by atoms with Crippen LogP contribution in [0.5, 0.6) is 0 Å². The van der Waals surface area contributed by atoms with Gasteiger partial charge in [0.1, 0.15) is 0 Å². The fraction of sp³-hybridized carbons (Fsp3) is 0.235. The summed E-state index contributed by atoms with van der Waals surface area (Å²) in [5.41, 5.74) is 0.653. The third-order valence-electron chi connectivity index (χ3n) is 3.86. The van der Waals surface area contributed by atoms with E-state index in [9.17, 15) is 4.79 Å². The summed E-state index contributed by atoms with van der Waals surface area (Å²) in [5.74, 6) is 1.53. The minimum Gasteiger partial charge on any atom is -0.343 e. The van der Waals surface area contributed by atoms with E-state index < -0.39 is 0 Å². The van der Waals surface area contributed by atoms with Gasteiger partial charge < -0.3 is 9.84 Å². The molecule has 3 aromatic rings. The lowest BCUT2D eigenvalue weighted by Gasteiger charge is -2.06. The second-order valence-electron chi connectivity index (χ2n) is 5.53. The summed E-state index contributed by atoms with van der Waals surface area (Å²) in [6.45, 7) is 0.252. The van der Waals surface area contributed by atoms with Gasteiger partial charge in [-0.1, -0.05) is 41.6 Å². The van der Waals surface area contributed by atoms with Crippen LogP contribution in [0.3, 0.4) is 0 Å². The highest BCUT2D eigenvalue weighted by molar-refractivity contribution is 6.06. The molecule has 5 heteroatoms. The summed E-state index contributed by atoms with van der Waals surface area (Å²) >= 11 is 0. The zero-order valence-electron chi connectivity index (χ0n) is 12.0. The molecular weight excluding hydrogens is 278 g/mol. The van der Waals surface area contributed by atoms with Gasteiger partial charge in [-0.2, -0.15) is 4.98 Å². The van der Waals surface area contributed by atoms with Gasteiger partial charge in [-0.05, 0) is 29.7 Å².